The summed E-state index contributed by atoms with van der Waals surface area (Å²) < 4.78 is 10.9. The summed E-state index contributed by atoms with van der Waals surface area (Å²) in [4.78, 5) is 34.6. The lowest BCUT2D eigenvalue weighted by atomic mass is 9.73. The molecule has 0 saturated carbocycles. The van der Waals surface area contributed by atoms with Crippen LogP contribution in [-0.4, -0.2) is 56.3 Å². The maximum atomic E-state index is 13.9. The number of piperidine rings is 1. The molecule has 1 aromatic heterocycles. The Morgan fingerprint density at radius 1 is 0.905 bits per heavy atom. The normalized spacial score (nSPS) is 15.7. The van der Waals surface area contributed by atoms with Gasteiger partial charge in [-0.2, -0.15) is 4.98 Å². The van der Waals surface area contributed by atoms with Crippen LogP contribution in [0.2, 0.25) is 0 Å². The van der Waals surface area contributed by atoms with Crippen LogP contribution in [0.1, 0.15) is 24.0 Å². The van der Waals surface area contributed by atoms with E-state index in [1.807, 2.05) is 42.5 Å². The molecule has 4 aromatic rings. The number of nitrogens with zero attached hydrogens (tertiary/aromatic N) is 5. The van der Waals surface area contributed by atoms with Crippen molar-refractivity contribution >= 4 is 28.6 Å². The Morgan fingerprint density at radius 3 is 2.36 bits per heavy atom. The second kappa shape index (κ2) is 11.6. The third-order valence-electron chi connectivity index (χ3n) is 8.25. The van der Waals surface area contributed by atoms with Gasteiger partial charge in [0.05, 0.1) is 49.0 Å². The second-order valence-electron chi connectivity index (χ2n) is 10.8. The van der Waals surface area contributed by atoms with Gasteiger partial charge in [-0.05, 0) is 48.6 Å². The number of fused-ring (bicyclic) bond motifs is 2. The fraction of sp³-hybridized carbons (Fsp3) is 0.344. The van der Waals surface area contributed by atoms with Crippen LogP contribution >= 0.6 is 0 Å². The molecule has 0 unspecified atom stereocenters. The zero-order valence-electron chi connectivity index (χ0n) is 24.0. The van der Waals surface area contributed by atoms with Crippen molar-refractivity contribution in [2.24, 2.45) is 15.4 Å². The summed E-state index contributed by atoms with van der Waals surface area (Å²) in [7, 11) is 3.17. The van der Waals surface area contributed by atoms with Gasteiger partial charge in [-0.3, -0.25) is 14.8 Å². The lowest BCUT2D eigenvalue weighted by Gasteiger charge is -2.41. The number of nitrogens with two attached hydrogens (primary N) is 1. The SMILES string of the molecule is COc1cc2nc(N3CCC(Cc4ccccc4)(C(=O)NCc4ccc5c(c4)=NCCN=5)CC3)nc(N)c2cc1OC. The number of hydrogen-bond donors (Lipinski definition) is 2. The van der Waals surface area contributed by atoms with E-state index in [1.165, 1.54) is 0 Å². The number of ether oxygens (including phenoxy) is 2. The van der Waals surface area contributed by atoms with Gasteiger partial charge in [0, 0.05) is 31.1 Å². The quantitative estimate of drug-likeness (QED) is 0.336. The Labute approximate surface area is 244 Å². The number of rotatable bonds is 8. The smallest absolute Gasteiger partial charge is 0.227 e. The molecule has 3 N–H and O–H groups in total. The van der Waals surface area contributed by atoms with Gasteiger partial charge in [0.1, 0.15) is 5.82 Å². The van der Waals surface area contributed by atoms with Crippen molar-refractivity contribution in [2.45, 2.75) is 25.8 Å². The van der Waals surface area contributed by atoms with Gasteiger partial charge in [-0.15, -0.1) is 0 Å². The Hall–Kier alpha value is -4.73. The molecule has 0 spiro atoms. The minimum absolute atomic E-state index is 0.0566. The Balaban J connectivity index is 1.23. The molecule has 2 aliphatic heterocycles. The molecule has 1 fully saturated rings. The first-order valence-corrected chi connectivity index (χ1v) is 14.2. The molecule has 0 aliphatic carbocycles. The molecule has 3 heterocycles. The van der Waals surface area contributed by atoms with Crippen LogP contribution in [0, 0.1) is 5.41 Å². The Kier molecular flexibility index (Phi) is 7.60. The van der Waals surface area contributed by atoms with E-state index in [0.717, 1.165) is 28.4 Å². The van der Waals surface area contributed by atoms with Crippen LogP contribution < -0.4 is 36.1 Å². The number of hydrogen-bond acceptors (Lipinski definition) is 9. The Morgan fingerprint density at radius 2 is 1.62 bits per heavy atom. The number of methoxy groups -OCH3 is 2. The summed E-state index contributed by atoms with van der Waals surface area (Å²) >= 11 is 0. The van der Waals surface area contributed by atoms with Crippen LogP contribution in [0.3, 0.4) is 0 Å². The zero-order valence-corrected chi connectivity index (χ0v) is 24.0. The van der Waals surface area contributed by atoms with Gasteiger partial charge in [0.15, 0.2) is 11.5 Å². The number of carbonyl (C=O) groups is 1. The van der Waals surface area contributed by atoms with Crippen LogP contribution in [0.4, 0.5) is 11.8 Å². The van der Waals surface area contributed by atoms with Crippen LogP contribution in [0.5, 0.6) is 11.5 Å². The predicted molar refractivity (Wildman–Crippen MR) is 161 cm³/mol. The van der Waals surface area contributed by atoms with E-state index in [-0.39, 0.29) is 5.91 Å². The minimum atomic E-state index is -0.565. The van der Waals surface area contributed by atoms with E-state index in [4.69, 9.17) is 20.2 Å². The van der Waals surface area contributed by atoms with Gasteiger partial charge >= 0.3 is 0 Å². The first kappa shape index (κ1) is 27.4. The maximum absolute atomic E-state index is 13.9. The molecule has 10 heteroatoms. The van der Waals surface area contributed by atoms with Gasteiger partial charge in [-0.1, -0.05) is 36.4 Å². The standard InChI is InChI=1S/C32H35N7O3/c1-41-27-17-23-25(18-28(27)42-2)37-31(38-29(23)33)39-14-10-32(11-15-39,19-21-6-4-3-5-7-21)30(40)36-20-22-8-9-24-26(16-22)35-13-12-34-24/h3-9,16-18H,10-15,19-20H2,1-2H3,(H,36,40)(H2,33,37,38). The van der Waals surface area contributed by atoms with Crippen molar-refractivity contribution in [3.8, 4) is 11.5 Å². The summed E-state index contributed by atoms with van der Waals surface area (Å²) in [5.41, 5.74) is 8.64. The summed E-state index contributed by atoms with van der Waals surface area (Å²) in [6.07, 6.45) is 1.96. The monoisotopic (exact) mass is 565 g/mol. The summed E-state index contributed by atoms with van der Waals surface area (Å²) in [6.45, 7) is 3.11. The molecule has 6 rings (SSSR count). The third kappa shape index (κ3) is 5.44. The predicted octanol–water partition coefficient (Wildman–Crippen LogP) is 2.63. The van der Waals surface area contributed by atoms with E-state index >= 15 is 0 Å². The highest BCUT2D eigenvalue weighted by Crippen LogP contribution is 2.38. The maximum Gasteiger partial charge on any atom is 0.227 e. The van der Waals surface area contributed by atoms with Crippen molar-refractivity contribution < 1.29 is 14.3 Å². The number of anilines is 2. The second-order valence-corrected chi connectivity index (χ2v) is 10.8. The van der Waals surface area contributed by atoms with Crippen molar-refractivity contribution in [3.63, 3.8) is 0 Å². The lowest BCUT2D eigenvalue weighted by molar-refractivity contribution is -0.132. The number of benzene rings is 3. The van der Waals surface area contributed by atoms with Gasteiger partial charge < -0.3 is 25.4 Å². The molecule has 3 aromatic carbocycles. The molecule has 42 heavy (non-hydrogen) atoms. The summed E-state index contributed by atoms with van der Waals surface area (Å²) in [5.74, 6) is 2.13. The molecule has 1 saturated heterocycles. The third-order valence-corrected chi connectivity index (χ3v) is 8.25. The van der Waals surface area contributed by atoms with Crippen molar-refractivity contribution in [1.29, 1.82) is 0 Å². The topological polar surface area (TPSA) is 127 Å². The van der Waals surface area contributed by atoms with Gasteiger partial charge in [-0.25, -0.2) is 4.98 Å². The number of amides is 1. The van der Waals surface area contributed by atoms with E-state index < -0.39 is 5.41 Å². The largest absolute Gasteiger partial charge is 0.493 e. The highest BCUT2D eigenvalue weighted by Gasteiger charge is 2.42. The molecule has 1 amide bonds. The van der Waals surface area contributed by atoms with Crippen molar-refractivity contribution in [3.05, 3.63) is 82.5 Å². The highest BCUT2D eigenvalue weighted by atomic mass is 16.5. The fourth-order valence-corrected chi connectivity index (χ4v) is 5.86. The van der Waals surface area contributed by atoms with Crippen molar-refractivity contribution in [1.82, 2.24) is 15.3 Å². The minimum Gasteiger partial charge on any atom is -0.493 e. The molecular formula is C32H35N7O3. The number of carbonyl (C=O) groups excluding carboxylic acids is 1. The number of nitrogens with one attached hydrogen (secondary N) is 1. The highest BCUT2D eigenvalue weighted by molar-refractivity contribution is 5.92. The molecule has 0 bridgehead atoms. The molecule has 10 nitrogen and oxygen atoms in total. The average molecular weight is 566 g/mol. The fourth-order valence-electron chi connectivity index (χ4n) is 5.86. The lowest BCUT2D eigenvalue weighted by Crippen LogP contribution is -2.50. The first-order chi connectivity index (χ1) is 20.5. The van der Waals surface area contributed by atoms with E-state index in [2.05, 4.69) is 37.3 Å². The average Bonchev–Trinajstić information content (AvgIpc) is 3.03. The first-order valence-electron chi connectivity index (χ1n) is 14.2. The van der Waals surface area contributed by atoms with E-state index in [0.29, 0.717) is 79.6 Å². The Bertz CT molecular complexity index is 1740. The molecular weight excluding hydrogens is 530 g/mol. The van der Waals surface area contributed by atoms with Crippen molar-refractivity contribution in [2.75, 3.05) is 51.0 Å². The van der Waals surface area contributed by atoms with E-state index in [1.54, 1.807) is 20.3 Å². The van der Waals surface area contributed by atoms with Gasteiger partial charge in [0.2, 0.25) is 11.9 Å². The summed E-state index contributed by atoms with van der Waals surface area (Å²) in [6, 6.07) is 19.9. The molecule has 2 aliphatic rings. The molecule has 216 valence electrons. The van der Waals surface area contributed by atoms with Crippen LogP contribution in [0.25, 0.3) is 10.9 Å². The van der Waals surface area contributed by atoms with Gasteiger partial charge in [0.25, 0.3) is 0 Å². The number of aromatic nitrogens is 2. The summed E-state index contributed by atoms with van der Waals surface area (Å²) in [5, 5.41) is 5.75. The van der Waals surface area contributed by atoms with E-state index in [9.17, 15) is 4.79 Å². The number of nitrogen functional groups attached to an aromatic ring is 1. The molecule has 0 radical (unpaired) electrons. The zero-order chi connectivity index (χ0) is 29.1. The van der Waals surface area contributed by atoms with Crippen LogP contribution in [0.15, 0.2) is 70.6 Å². The molecule has 0 atom stereocenters. The van der Waals surface area contributed by atoms with Crippen LogP contribution in [-0.2, 0) is 17.8 Å².